The van der Waals surface area contributed by atoms with Gasteiger partial charge < -0.3 is 5.32 Å². The van der Waals surface area contributed by atoms with E-state index in [0.29, 0.717) is 0 Å². The van der Waals surface area contributed by atoms with Crippen molar-refractivity contribution in [2.45, 2.75) is 12.8 Å². The van der Waals surface area contributed by atoms with Gasteiger partial charge in [0.15, 0.2) is 0 Å². The van der Waals surface area contributed by atoms with Gasteiger partial charge in [0, 0.05) is 18.8 Å². The lowest BCUT2D eigenvalue weighted by Crippen LogP contribution is -1.91. The van der Waals surface area contributed by atoms with Gasteiger partial charge in [-0.25, -0.2) is 0 Å². The molecule has 2 nitrogen and oxygen atoms in total. The zero-order valence-electron chi connectivity index (χ0n) is 6.93. The molecule has 0 amide bonds. The Morgan fingerprint density at radius 1 is 1.17 bits per heavy atom. The number of benzene rings is 1. The average Bonchev–Trinajstić information content (AvgIpc) is 2.64. The highest BCUT2D eigenvalue weighted by molar-refractivity contribution is 5.65. The number of nitrogens with one attached hydrogen (secondary N) is 1. The standard InChI is InChI=1S/C10H11N2/c1-3-11-9-6-8-2-4-12-10(8)5-7(1)9/h5-6,11H,1-4H2. The van der Waals surface area contributed by atoms with E-state index in [0.717, 1.165) is 25.9 Å². The summed E-state index contributed by atoms with van der Waals surface area (Å²) in [7, 11) is 0. The van der Waals surface area contributed by atoms with E-state index in [2.05, 4.69) is 22.8 Å². The van der Waals surface area contributed by atoms with E-state index in [9.17, 15) is 0 Å². The molecule has 0 fully saturated rings. The topological polar surface area (TPSA) is 26.1 Å². The summed E-state index contributed by atoms with van der Waals surface area (Å²) in [5.41, 5.74) is 5.44. The van der Waals surface area contributed by atoms with Crippen LogP contribution in [0.15, 0.2) is 12.1 Å². The van der Waals surface area contributed by atoms with Crippen LogP contribution in [0, 0.1) is 0 Å². The molecule has 1 aromatic carbocycles. The quantitative estimate of drug-likeness (QED) is 0.609. The van der Waals surface area contributed by atoms with Gasteiger partial charge in [0.25, 0.3) is 0 Å². The first-order chi connectivity index (χ1) is 5.93. The Morgan fingerprint density at radius 3 is 3.17 bits per heavy atom. The van der Waals surface area contributed by atoms with Crippen LogP contribution in [-0.2, 0) is 12.8 Å². The summed E-state index contributed by atoms with van der Waals surface area (Å²) >= 11 is 0. The lowest BCUT2D eigenvalue weighted by Gasteiger charge is -2.02. The van der Waals surface area contributed by atoms with Crippen LogP contribution in [0.5, 0.6) is 0 Å². The van der Waals surface area contributed by atoms with Crippen LogP contribution < -0.4 is 10.6 Å². The zero-order chi connectivity index (χ0) is 7.97. The van der Waals surface area contributed by atoms with Crippen LogP contribution in [0.1, 0.15) is 11.1 Å². The summed E-state index contributed by atoms with van der Waals surface area (Å²) in [6.45, 7) is 2.08. The second-order valence-corrected chi connectivity index (χ2v) is 3.45. The summed E-state index contributed by atoms with van der Waals surface area (Å²) in [5.74, 6) is 0. The van der Waals surface area contributed by atoms with E-state index in [1.165, 1.54) is 22.5 Å². The van der Waals surface area contributed by atoms with Crippen LogP contribution in [0.3, 0.4) is 0 Å². The molecule has 3 rings (SSSR count). The molecule has 61 valence electrons. The van der Waals surface area contributed by atoms with E-state index >= 15 is 0 Å². The highest BCUT2D eigenvalue weighted by atomic mass is 14.9. The maximum atomic E-state index is 4.45. The Bertz CT molecular complexity index is 271. The van der Waals surface area contributed by atoms with E-state index in [1.54, 1.807) is 0 Å². The van der Waals surface area contributed by atoms with Crippen molar-refractivity contribution in [1.82, 2.24) is 5.32 Å². The fourth-order valence-electron chi connectivity index (χ4n) is 2.02. The lowest BCUT2D eigenvalue weighted by molar-refractivity contribution is 0.908. The molecular weight excluding hydrogens is 148 g/mol. The Labute approximate surface area is 72.0 Å². The smallest absolute Gasteiger partial charge is 0.0611 e. The van der Waals surface area contributed by atoms with Gasteiger partial charge in [-0.3, -0.25) is 5.32 Å². The van der Waals surface area contributed by atoms with Gasteiger partial charge in [-0.05, 0) is 36.1 Å². The molecule has 0 unspecified atom stereocenters. The van der Waals surface area contributed by atoms with Crippen LogP contribution >= 0.6 is 0 Å². The molecule has 0 bridgehead atoms. The fraction of sp³-hybridized carbons (Fsp3) is 0.400. The largest absolute Gasteiger partial charge is 0.384 e. The maximum Gasteiger partial charge on any atom is 0.0611 e. The molecule has 0 atom stereocenters. The van der Waals surface area contributed by atoms with Crippen molar-refractivity contribution in [1.29, 1.82) is 0 Å². The van der Waals surface area contributed by atoms with Gasteiger partial charge in [-0.2, -0.15) is 0 Å². The number of hydrogen-bond donors (Lipinski definition) is 1. The molecule has 0 aromatic heterocycles. The molecule has 1 aromatic rings. The van der Waals surface area contributed by atoms with Crippen LogP contribution in [0.2, 0.25) is 0 Å². The highest BCUT2D eigenvalue weighted by Gasteiger charge is 2.17. The van der Waals surface area contributed by atoms with Gasteiger partial charge in [0.05, 0.1) is 5.69 Å². The minimum Gasteiger partial charge on any atom is -0.384 e. The normalized spacial score (nSPS) is 18.0. The predicted octanol–water partition coefficient (Wildman–Crippen LogP) is 1.45. The zero-order valence-corrected chi connectivity index (χ0v) is 6.93. The molecule has 2 aliphatic heterocycles. The van der Waals surface area contributed by atoms with E-state index in [-0.39, 0.29) is 0 Å². The van der Waals surface area contributed by atoms with Crippen molar-refractivity contribution in [3.8, 4) is 0 Å². The minimum atomic E-state index is 0.984. The Morgan fingerprint density at radius 2 is 2.17 bits per heavy atom. The monoisotopic (exact) mass is 159 g/mol. The average molecular weight is 159 g/mol. The third-order valence-electron chi connectivity index (χ3n) is 2.68. The molecule has 2 aliphatic rings. The number of fused-ring (bicyclic) bond motifs is 2. The summed E-state index contributed by atoms with van der Waals surface area (Å²) in [4.78, 5) is 0. The van der Waals surface area contributed by atoms with Crippen molar-refractivity contribution in [3.05, 3.63) is 23.3 Å². The number of rotatable bonds is 0. The van der Waals surface area contributed by atoms with Gasteiger partial charge in [0.2, 0.25) is 0 Å². The highest BCUT2D eigenvalue weighted by Crippen LogP contribution is 2.31. The minimum absolute atomic E-state index is 0.984. The lowest BCUT2D eigenvalue weighted by atomic mass is 10.1. The van der Waals surface area contributed by atoms with E-state index in [4.69, 9.17) is 0 Å². The summed E-state index contributed by atoms with van der Waals surface area (Å²) in [6, 6.07) is 4.52. The summed E-state index contributed by atoms with van der Waals surface area (Å²) in [5, 5.41) is 7.84. The molecule has 0 spiro atoms. The van der Waals surface area contributed by atoms with Gasteiger partial charge in [-0.15, -0.1) is 0 Å². The Kier molecular flexibility index (Phi) is 1.14. The molecule has 2 heteroatoms. The van der Waals surface area contributed by atoms with Crippen molar-refractivity contribution in [2.24, 2.45) is 0 Å². The molecule has 0 aliphatic carbocycles. The van der Waals surface area contributed by atoms with Crippen LogP contribution in [0.25, 0.3) is 0 Å². The molecule has 12 heavy (non-hydrogen) atoms. The molecule has 0 saturated carbocycles. The fourth-order valence-corrected chi connectivity index (χ4v) is 2.02. The Balaban J connectivity index is 2.18. The first kappa shape index (κ1) is 6.35. The van der Waals surface area contributed by atoms with Gasteiger partial charge in [0.1, 0.15) is 0 Å². The maximum absolute atomic E-state index is 4.45. The molecule has 0 saturated heterocycles. The predicted molar refractivity (Wildman–Crippen MR) is 49.0 cm³/mol. The number of hydrogen-bond acceptors (Lipinski definition) is 1. The molecule has 1 N–H and O–H groups in total. The first-order valence-corrected chi connectivity index (χ1v) is 4.51. The van der Waals surface area contributed by atoms with Crippen LogP contribution in [-0.4, -0.2) is 13.1 Å². The third kappa shape index (κ3) is 0.750. The Hall–Kier alpha value is -1.18. The third-order valence-corrected chi connectivity index (χ3v) is 2.68. The summed E-state index contributed by atoms with van der Waals surface area (Å²) in [6.07, 6.45) is 2.29. The SMILES string of the molecule is c1c2c(cc3c1[N]CC3)NCC2. The van der Waals surface area contributed by atoms with E-state index < -0.39 is 0 Å². The van der Waals surface area contributed by atoms with Crippen molar-refractivity contribution >= 4 is 11.4 Å². The van der Waals surface area contributed by atoms with Crippen LogP contribution in [0.4, 0.5) is 11.4 Å². The first-order valence-electron chi connectivity index (χ1n) is 4.51. The number of nitrogens with zero attached hydrogens (tertiary/aromatic N) is 1. The van der Waals surface area contributed by atoms with Gasteiger partial charge >= 0.3 is 0 Å². The second kappa shape index (κ2) is 2.16. The molecular formula is C10H11N2. The van der Waals surface area contributed by atoms with Gasteiger partial charge in [-0.1, -0.05) is 0 Å². The molecule has 1 radical (unpaired) electrons. The molecule has 2 heterocycles. The second-order valence-electron chi connectivity index (χ2n) is 3.45. The van der Waals surface area contributed by atoms with E-state index in [1.807, 2.05) is 0 Å². The van der Waals surface area contributed by atoms with Crippen molar-refractivity contribution < 1.29 is 0 Å². The van der Waals surface area contributed by atoms with Crippen molar-refractivity contribution in [2.75, 3.05) is 18.4 Å². The summed E-state index contributed by atoms with van der Waals surface area (Å²) < 4.78 is 0. The van der Waals surface area contributed by atoms with Crippen molar-refractivity contribution in [3.63, 3.8) is 0 Å². The number of anilines is 1.